The maximum absolute atomic E-state index is 8.87. The molecule has 0 spiro atoms. The van der Waals surface area contributed by atoms with E-state index in [1.165, 1.54) is 18.5 Å². The molecule has 1 aliphatic rings. The molecule has 1 unspecified atom stereocenters. The van der Waals surface area contributed by atoms with E-state index in [0.717, 1.165) is 39.0 Å². The molecule has 1 aliphatic heterocycles. The van der Waals surface area contributed by atoms with Crippen molar-refractivity contribution >= 4 is 0 Å². The molecule has 0 bridgehead atoms. The molecule has 1 atom stereocenters. The third-order valence-corrected chi connectivity index (χ3v) is 4.30. The maximum Gasteiger partial charge on any atom is 0.0431 e. The lowest BCUT2D eigenvalue weighted by Gasteiger charge is -2.26. The Kier molecular flexibility index (Phi) is 6.51. The molecule has 0 aliphatic carbocycles. The van der Waals surface area contributed by atoms with Crippen molar-refractivity contribution < 1.29 is 5.11 Å². The zero-order valence-electron chi connectivity index (χ0n) is 12.7. The van der Waals surface area contributed by atoms with Gasteiger partial charge in [-0.25, -0.2) is 0 Å². The first kappa shape index (κ1) is 15.5. The highest BCUT2D eigenvalue weighted by atomic mass is 16.2. The molecule has 112 valence electrons. The predicted octanol–water partition coefficient (Wildman–Crippen LogP) is 2.36. The van der Waals surface area contributed by atoms with Crippen molar-refractivity contribution in [2.24, 2.45) is 0 Å². The molecule has 0 amide bonds. The van der Waals surface area contributed by atoms with Gasteiger partial charge in [0.1, 0.15) is 0 Å². The van der Waals surface area contributed by atoms with E-state index in [9.17, 15) is 0 Å². The zero-order chi connectivity index (χ0) is 14.2. The summed E-state index contributed by atoms with van der Waals surface area (Å²) < 4.78 is 0. The van der Waals surface area contributed by atoms with Crippen molar-refractivity contribution in [1.29, 1.82) is 0 Å². The fourth-order valence-corrected chi connectivity index (χ4v) is 2.88. The molecule has 0 aromatic heterocycles. The number of benzene rings is 1. The molecule has 3 heteroatoms. The third kappa shape index (κ3) is 4.89. The van der Waals surface area contributed by atoms with Crippen molar-refractivity contribution in [2.75, 3.05) is 32.8 Å². The van der Waals surface area contributed by atoms with Crippen LogP contribution in [0.15, 0.2) is 30.3 Å². The van der Waals surface area contributed by atoms with Crippen LogP contribution in [0.3, 0.4) is 0 Å². The first-order chi connectivity index (χ1) is 9.79. The van der Waals surface area contributed by atoms with Crippen molar-refractivity contribution in [1.82, 2.24) is 9.80 Å². The smallest absolute Gasteiger partial charge is 0.0431 e. The summed E-state index contributed by atoms with van der Waals surface area (Å²) >= 11 is 0. The van der Waals surface area contributed by atoms with Crippen LogP contribution in [0.4, 0.5) is 0 Å². The van der Waals surface area contributed by atoms with Crippen LogP contribution in [0.2, 0.25) is 0 Å². The largest absolute Gasteiger partial charge is 0.396 e. The lowest BCUT2D eigenvalue weighted by Crippen LogP contribution is -2.34. The summed E-state index contributed by atoms with van der Waals surface area (Å²) in [5, 5.41) is 8.87. The van der Waals surface area contributed by atoms with Gasteiger partial charge in [-0.05, 0) is 44.8 Å². The van der Waals surface area contributed by atoms with Gasteiger partial charge in [-0.3, -0.25) is 4.90 Å². The summed E-state index contributed by atoms with van der Waals surface area (Å²) in [6.07, 6.45) is 3.29. The highest BCUT2D eigenvalue weighted by Gasteiger charge is 2.20. The second-order valence-electron chi connectivity index (χ2n) is 5.87. The van der Waals surface area contributed by atoms with Crippen molar-refractivity contribution in [3.05, 3.63) is 35.9 Å². The van der Waals surface area contributed by atoms with Crippen LogP contribution in [0.5, 0.6) is 0 Å². The molecular weight excluding hydrogens is 248 g/mol. The summed E-state index contributed by atoms with van der Waals surface area (Å²) in [6, 6.07) is 11.4. The van der Waals surface area contributed by atoms with Gasteiger partial charge in [0.05, 0.1) is 0 Å². The van der Waals surface area contributed by atoms with Gasteiger partial charge < -0.3 is 10.0 Å². The molecule has 3 nitrogen and oxygen atoms in total. The van der Waals surface area contributed by atoms with E-state index < -0.39 is 0 Å². The van der Waals surface area contributed by atoms with Crippen LogP contribution in [0.25, 0.3) is 0 Å². The van der Waals surface area contributed by atoms with Crippen LogP contribution in [0, 0.1) is 0 Å². The molecule has 1 fully saturated rings. The quantitative estimate of drug-likeness (QED) is 0.808. The first-order valence-electron chi connectivity index (χ1n) is 7.91. The van der Waals surface area contributed by atoms with Crippen LogP contribution in [-0.2, 0) is 6.54 Å². The Labute approximate surface area is 123 Å². The summed E-state index contributed by atoms with van der Waals surface area (Å²) in [5.74, 6) is 0. The van der Waals surface area contributed by atoms with Crippen molar-refractivity contribution in [3.8, 4) is 0 Å². The van der Waals surface area contributed by atoms with E-state index in [1.807, 2.05) is 0 Å². The Morgan fingerprint density at radius 2 is 1.90 bits per heavy atom. The summed E-state index contributed by atoms with van der Waals surface area (Å²) in [5.41, 5.74) is 1.41. The van der Waals surface area contributed by atoms with Gasteiger partial charge in [0.15, 0.2) is 0 Å². The number of aliphatic hydroxyl groups is 1. The molecule has 0 radical (unpaired) electrons. The molecular formula is C17H28N2O. The van der Waals surface area contributed by atoms with Crippen molar-refractivity contribution in [3.63, 3.8) is 0 Å². The van der Waals surface area contributed by atoms with E-state index in [2.05, 4.69) is 47.1 Å². The second kappa shape index (κ2) is 8.40. The van der Waals surface area contributed by atoms with Gasteiger partial charge in [0.25, 0.3) is 0 Å². The minimum atomic E-state index is 0.324. The summed E-state index contributed by atoms with van der Waals surface area (Å²) in [4.78, 5) is 5.15. The number of aliphatic hydroxyl groups excluding tert-OH is 1. The Hall–Kier alpha value is -0.900. The Balaban J connectivity index is 1.82. The van der Waals surface area contributed by atoms with E-state index in [4.69, 9.17) is 5.11 Å². The van der Waals surface area contributed by atoms with E-state index >= 15 is 0 Å². The fourth-order valence-electron chi connectivity index (χ4n) is 2.88. The highest BCUT2D eigenvalue weighted by Crippen LogP contribution is 2.15. The molecule has 1 saturated heterocycles. The van der Waals surface area contributed by atoms with Crippen LogP contribution < -0.4 is 0 Å². The number of hydrogen-bond acceptors (Lipinski definition) is 3. The molecule has 0 saturated carbocycles. The average Bonchev–Trinajstić information content (AvgIpc) is 2.64. The topological polar surface area (TPSA) is 26.7 Å². The van der Waals surface area contributed by atoms with Crippen LogP contribution in [-0.4, -0.2) is 53.7 Å². The summed E-state index contributed by atoms with van der Waals surface area (Å²) in [7, 11) is 0. The molecule has 1 heterocycles. The van der Waals surface area contributed by atoms with Crippen LogP contribution in [0.1, 0.15) is 31.7 Å². The normalized spacial score (nSPS) is 21.8. The molecule has 1 aromatic carbocycles. The second-order valence-corrected chi connectivity index (χ2v) is 5.87. The van der Waals surface area contributed by atoms with Gasteiger partial charge in [-0.1, -0.05) is 30.3 Å². The Morgan fingerprint density at radius 3 is 2.65 bits per heavy atom. The monoisotopic (exact) mass is 276 g/mol. The van der Waals surface area contributed by atoms with Gasteiger partial charge in [0, 0.05) is 32.3 Å². The number of hydrogen-bond donors (Lipinski definition) is 1. The minimum absolute atomic E-state index is 0.324. The number of nitrogens with zero attached hydrogens (tertiary/aromatic N) is 2. The fraction of sp³-hybridized carbons (Fsp3) is 0.647. The SMILES string of the molecule is CC1CCN(CCCCO)CCN1Cc1ccccc1. The van der Waals surface area contributed by atoms with Crippen molar-refractivity contribution in [2.45, 2.75) is 38.8 Å². The van der Waals surface area contributed by atoms with E-state index in [1.54, 1.807) is 0 Å². The molecule has 1 N–H and O–H groups in total. The Morgan fingerprint density at radius 1 is 1.10 bits per heavy atom. The zero-order valence-corrected chi connectivity index (χ0v) is 12.7. The van der Waals surface area contributed by atoms with Gasteiger partial charge >= 0.3 is 0 Å². The number of unbranched alkanes of at least 4 members (excludes halogenated alkanes) is 1. The maximum atomic E-state index is 8.87. The molecule has 20 heavy (non-hydrogen) atoms. The molecule has 2 rings (SSSR count). The van der Waals surface area contributed by atoms with E-state index in [-0.39, 0.29) is 0 Å². The van der Waals surface area contributed by atoms with Gasteiger partial charge in [-0.2, -0.15) is 0 Å². The Bertz CT molecular complexity index is 369. The van der Waals surface area contributed by atoms with Crippen LogP contribution >= 0.6 is 0 Å². The van der Waals surface area contributed by atoms with Gasteiger partial charge in [0.2, 0.25) is 0 Å². The first-order valence-corrected chi connectivity index (χ1v) is 7.91. The highest BCUT2D eigenvalue weighted by molar-refractivity contribution is 5.14. The summed E-state index contributed by atoms with van der Waals surface area (Å²) in [6.45, 7) is 8.36. The third-order valence-electron chi connectivity index (χ3n) is 4.30. The lowest BCUT2D eigenvalue weighted by atomic mass is 10.1. The predicted molar refractivity (Wildman–Crippen MR) is 83.7 cm³/mol. The standard InChI is InChI=1S/C17H28N2O/c1-16-9-11-18(10-5-6-14-20)12-13-19(16)15-17-7-3-2-4-8-17/h2-4,7-8,16,20H,5-6,9-15H2,1H3. The average molecular weight is 276 g/mol. The molecule has 1 aromatic rings. The number of rotatable bonds is 6. The van der Waals surface area contributed by atoms with Gasteiger partial charge in [-0.15, -0.1) is 0 Å². The lowest BCUT2D eigenvalue weighted by molar-refractivity contribution is 0.204. The van der Waals surface area contributed by atoms with E-state index in [0.29, 0.717) is 12.6 Å². The minimum Gasteiger partial charge on any atom is -0.396 e.